The molecule has 0 saturated heterocycles. The number of benzene rings is 1. The van der Waals surface area contributed by atoms with Crippen LogP contribution in [0.4, 0.5) is 14.9 Å². The average Bonchev–Trinajstić information content (AvgIpc) is 2.82. The molecule has 0 radical (unpaired) electrons. The number of allylic oxidation sites excluding steroid dienone is 1. The molecule has 2 aliphatic rings. The number of halogens is 1. The highest BCUT2D eigenvalue weighted by Crippen LogP contribution is 2.40. The number of ether oxygens (including phenoxy) is 2. The highest BCUT2D eigenvalue weighted by molar-refractivity contribution is 5.77. The van der Waals surface area contributed by atoms with Gasteiger partial charge in [0.2, 0.25) is 0 Å². The Hall–Kier alpha value is -2.24. The number of carbonyl (C=O) groups is 1. The van der Waals surface area contributed by atoms with Gasteiger partial charge in [-0.25, -0.2) is 9.18 Å². The van der Waals surface area contributed by atoms with E-state index in [1.165, 1.54) is 0 Å². The zero-order chi connectivity index (χ0) is 18.2. The lowest BCUT2D eigenvalue weighted by atomic mass is 9.96. The SMILES string of the molecule is CC(C)(C)OC(=O)N1CC=C(c2c(F)c(N)cc3c2OCC3)CCC1. The van der Waals surface area contributed by atoms with Crippen molar-refractivity contribution >= 4 is 17.4 Å². The molecule has 136 valence electrons. The second-order valence-corrected chi connectivity index (χ2v) is 7.50. The maximum absolute atomic E-state index is 14.7. The molecule has 0 aliphatic carbocycles. The first-order chi connectivity index (χ1) is 11.8. The Labute approximate surface area is 147 Å². The lowest BCUT2D eigenvalue weighted by Crippen LogP contribution is -2.37. The topological polar surface area (TPSA) is 64.8 Å². The van der Waals surface area contributed by atoms with Gasteiger partial charge in [-0.3, -0.25) is 0 Å². The van der Waals surface area contributed by atoms with Crippen molar-refractivity contribution in [2.45, 2.75) is 45.6 Å². The van der Waals surface area contributed by atoms with Crippen molar-refractivity contribution in [1.29, 1.82) is 0 Å². The van der Waals surface area contributed by atoms with Gasteiger partial charge in [0.1, 0.15) is 11.4 Å². The van der Waals surface area contributed by atoms with Gasteiger partial charge in [-0.1, -0.05) is 6.08 Å². The van der Waals surface area contributed by atoms with Crippen LogP contribution in [0, 0.1) is 5.82 Å². The number of hydrogen-bond donors (Lipinski definition) is 1. The summed E-state index contributed by atoms with van der Waals surface area (Å²) in [5.41, 5.74) is 7.70. The van der Waals surface area contributed by atoms with Gasteiger partial charge in [-0.05, 0) is 45.3 Å². The number of nitrogens with zero attached hydrogens (tertiary/aromatic N) is 1. The molecule has 2 aliphatic heterocycles. The van der Waals surface area contributed by atoms with Gasteiger partial charge in [-0.15, -0.1) is 0 Å². The Kier molecular flexibility index (Phi) is 4.62. The lowest BCUT2D eigenvalue weighted by Gasteiger charge is -2.25. The fourth-order valence-electron chi connectivity index (χ4n) is 3.22. The zero-order valence-corrected chi connectivity index (χ0v) is 15.0. The van der Waals surface area contributed by atoms with E-state index >= 15 is 0 Å². The van der Waals surface area contributed by atoms with Gasteiger partial charge >= 0.3 is 6.09 Å². The molecule has 0 saturated carbocycles. The standard InChI is InChI=1S/C19H25FN2O3/c1-19(2,3)25-18(23)22-8-4-5-12(6-9-22)15-16(20)14(21)11-13-7-10-24-17(13)15/h6,11H,4-5,7-10,21H2,1-3H3. The predicted octanol–water partition coefficient (Wildman–Crippen LogP) is 3.76. The molecular weight excluding hydrogens is 323 g/mol. The van der Waals surface area contributed by atoms with E-state index in [1.54, 1.807) is 11.0 Å². The monoisotopic (exact) mass is 348 g/mol. The maximum atomic E-state index is 14.7. The molecule has 0 atom stereocenters. The molecule has 0 aromatic heterocycles. The Morgan fingerprint density at radius 3 is 2.84 bits per heavy atom. The van der Waals surface area contributed by atoms with E-state index in [0.717, 1.165) is 24.0 Å². The van der Waals surface area contributed by atoms with Crippen LogP contribution in [0.15, 0.2) is 12.1 Å². The van der Waals surface area contributed by atoms with Gasteiger partial charge < -0.3 is 20.1 Å². The summed E-state index contributed by atoms with van der Waals surface area (Å²) in [5, 5.41) is 0. The summed E-state index contributed by atoms with van der Waals surface area (Å²) in [4.78, 5) is 13.9. The van der Waals surface area contributed by atoms with Gasteiger partial charge in [0.25, 0.3) is 0 Å². The van der Waals surface area contributed by atoms with E-state index in [1.807, 2.05) is 26.8 Å². The van der Waals surface area contributed by atoms with E-state index in [9.17, 15) is 9.18 Å². The molecule has 0 bridgehead atoms. The van der Waals surface area contributed by atoms with E-state index in [0.29, 0.717) is 37.4 Å². The van der Waals surface area contributed by atoms with Crippen LogP contribution in [0.1, 0.15) is 44.7 Å². The van der Waals surface area contributed by atoms with Crippen LogP contribution in [0.5, 0.6) is 5.75 Å². The number of anilines is 1. The predicted molar refractivity (Wildman–Crippen MR) is 95.0 cm³/mol. The molecule has 25 heavy (non-hydrogen) atoms. The summed E-state index contributed by atoms with van der Waals surface area (Å²) in [7, 11) is 0. The first-order valence-corrected chi connectivity index (χ1v) is 8.67. The van der Waals surface area contributed by atoms with E-state index in [2.05, 4.69) is 0 Å². The number of hydrogen-bond acceptors (Lipinski definition) is 4. The van der Waals surface area contributed by atoms with Crippen LogP contribution < -0.4 is 10.5 Å². The number of nitrogens with two attached hydrogens (primary N) is 1. The normalized spacial score (nSPS) is 17.4. The minimum absolute atomic E-state index is 0.147. The highest BCUT2D eigenvalue weighted by Gasteiger charge is 2.27. The van der Waals surface area contributed by atoms with Crippen molar-refractivity contribution in [2.75, 3.05) is 25.4 Å². The lowest BCUT2D eigenvalue weighted by molar-refractivity contribution is 0.0273. The molecule has 1 aromatic rings. The highest BCUT2D eigenvalue weighted by atomic mass is 19.1. The Bertz CT molecular complexity index is 722. The van der Waals surface area contributed by atoms with Crippen LogP contribution >= 0.6 is 0 Å². The molecule has 6 heteroatoms. The molecule has 1 amide bonds. The number of carbonyl (C=O) groups excluding carboxylic acids is 1. The van der Waals surface area contributed by atoms with E-state index < -0.39 is 11.4 Å². The van der Waals surface area contributed by atoms with Crippen LogP contribution in [0.3, 0.4) is 0 Å². The number of amides is 1. The molecule has 0 spiro atoms. The summed E-state index contributed by atoms with van der Waals surface area (Å²) >= 11 is 0. The largest absolute Gasteiger partial charge is 0.492 e. The third-order valence-electron chi connectivity index (χ3n) is 4.34. The molecule has 0 fully saturated rings. The van der Waals surface area contributed by atoms with Gasteiger partial charge in [0.05, 0.1) is 17.9 Å². The van der Waals surface area contributed by atoms with E-state index in [4.69, 9.17) is 15.2 Å². The molecule has 1 aromatic carbocycles. The van der Waals surface area contributed by atoms with Crippen molar-refractivity contribution < 1.29 is 18.7 Å². The van der Waals surface area contributed by atoms with Crippen LogP contribution in [0.2, 0.25) is 0 Å². The Morgan fingerprint density at radius 1 is 1.36 bits per heavy atom. The quantitative estimate of drug-likeness (QED) is 0.785. The summed E-state index contributed by atoms with van der Waals surface area (Å²) in [6.45, 7) is 7.02. The van der Waals surface area contributed by atoms with Gasteiger partial charge in [0.15, 0.2) is 5.82 Å². The average molecular weight is 348 g/mol. The van der Waals surface area contributed by atoms with Crippen LogP contribution in [-0.2, 0) is 11.2 Å². The van der Waals surface area contributed by atoms with Gasteiger partial charge in [-0.2, -0.15) is 0 Å². The van der Waals surface area contributed by atoms with Crippen LogP contribution in [-0.4, -0.2) is 36.3 Å². The summed E-state index contributed by atoms with van der Waals surface area (Å²) in [5.74, 6) is 0.168. The fourth-order valence-corrected chi connectivity index (χ4v) is 3.22. The number of fused-ring (bicyclic) bond motifs is 1. The molecular formula is C19H25FN2O3. The summed E-state index contributed by atoms with van der Waals surface area (Å²) < 4.78 is 25.8. The van der Waals surface area contributed by atoms with Crippen molar-refractivity contribution in [3.63, 3.8) is 0 Å². The summed E-state index contributed by atoms with van der Waals surface area (Å²) in [6.07, 6.45) is 3.67. The minimum atomic E-state index is -0.537. The minimum Gasteiger partial charge on any atom is -0.492 e. The Balaban J connectivity index is 1.87. The van der Waals surface area contributed by atoms with Gasteiger partial charge in [0, 0.05) is 25.1 Å². The molecule has 0 unspecified atom stereocenters. The van der Waals surface area contributed by atoms with Crippen molar-refractivity contribution in [2.24, 2.45) is 0 Å². The third-order valence-corrected chi connectivity index (χ3v) is 4.34. The summed E-state index contributed by atoms with van der Waals surface area (Å²) in [6, 6.07) is 1.66. The van der Waals surface area contributed by atoms with Crippen molar-refractivity contribution in [1.82, 2.24) is 4.90 Å². The molecule has 2 N–H and O–H groups in total. The number of rotatable bonds is 1. The fraction of sp³-hybridized carbons (Fsp3) is 0.526. The zero-order valence-electron chi connectivity index (χ0n) is 15.0. The second-order valence-electron chi connectivity index (χ2n) is 7.50. The third kappa shape index (κ3) is 3.72. The smallest absolute Gasteiger partial charge is 0.410 e. The van der Waals surface area contributed by atoms with Crippen molar-refractivity contribution in [3.8, 4) is 5.75 Å². The first kappa shape index (κ1) is 17.6. The Morgan fingerprint density at radius 2 is 2.12 bits per heavy atom. The second kappa shape index (κ2) is 6.58. The first-order valence-electron chi connectivity index (χ1n) is 8.67. The van der Waals surface area contributed by atoms with E-state index in [-0.39, 0.29) is 11.8 Å². The van der Waals surface area contributed by atoms with Crippen LogP contribution in [0.25, 0.3) is 5.57 Å². The molecule has 2 heterocycles. The molecule has 3 rings (SSSR count). The van der Waals surface area contributed by atoms with Crippen molar-refractivity contribution in [3.05, 3.63) is 29.1 Å². The number of nitrogen functional groups attached to an aromatic ring is 1. The molecule has 5 nitrogen and oxygen atoms in total. The maximum Gasteiger partial charge on any atom is 0.410 e.